The molecule has 0 unspecified atom stereocenters. The van der Waals surface area contributed by atoms with E-state index in [1.165, 1.54) is 12.1 Å². The highest BCUT2D eigenvalue weighted by molar-refractivity contribution is 6.22. The number of amides is 2. The quantitative estimate of drug-likeness (QED) is 0.851. The minimum Gasteiger partial charge on any atom is -0.480 e. The third kappa shape index (κ3) is 2.95. The maximum absolute atomic E-state index is 12.3. The Morgan fingerprint density at radius 1 is 1.19 bits per heavy atom. The van der Waals surface area contributed by atoms with E-state index in [4.69, 9.17) is 4.74 Å². The van der Waals surface area contributed by atoms with E-state index in [0.717, 1.165) is 4.90 Å². The second-order valence-corrected chi connectivity index (χ2v) is 5.80. The van der Waals surface area contributed by atoms with Gasteiger partial charge in [0, 0.05) is 0 Å². The van der Waals surface area contributed by atoms with Gasteiger partial charge in [-0.1, -0.05) is 12.1 Å². The van der Waals surface area contributed by atoms with Gasteiger partial charge >= 0.3 is 5.97 Å². The predicted molar refractivity (Wildman–Crippen MR) is 74.1 cm³/mol. The van der Waals surface area contributed by atoms with Crippen LogP contribution >= 0.6 is 0 Å². The number of fused-ring (bicyclic) bond motifs is 1. The van der Waals surface area contributed by atoms with Gasteiger partial charge in [-0.2, -0.15) is 0 Å². The molecule has 0 saturated heterocycles. The molecule has 6 heteroatoms. The van der Waals surface area contributed by atoms with Crippen molar-refractivity contribution in [3.05, 3.63) is 35.4 Å². The Bertz CT molecular complexity index is 567. The summed E-state index contributed by atoms with van der Waals surface area (Å²) in [5.74, 6) is -2.46. The van der Waals surface area contributed by atoms with E-state index in [1.807, 2.05) is 0 Å². The van der Waals surface area contributed by atoms with Crippen molar-refractivity contribution < 1.29 is 24.2 Å². The Balaban J connectivity index is 2.29. The van der Waals surface area contributed by atoms with Gasteiger partial charge in [-0.15, -0.1) is 0 Å². The fraction of sp³-hybridized carbons (Fsp3) is 0.400. The van der Waals surface area contributed by atoms with Crippen LogP contribution < -0.4 is 0 Å². The molecule has 0 saturated carbocycles. The molecule has 1 aromatic rings. The number of hydrogen-bond acceptors (Lipinski definition) is 4. The Morgan fingerprint density at radius 3 is 2.05 bits per heavy atom. The van der Waals surface area contributed by atoms with Gasteiger partial charge in [0.2, 0.25) is 0 Å². The number of rotatable bonds is 4. The van der Waals surface area contributed by atoms with E-state index < -0.39 is 29.4 Å². The van der Waals surface area contributed by atoms with Crippen molar-refractivity contribution in [1.82, 2.24) is 4.90 Å². The summed E-state index contributed by atoms with van der Waals surface area (Å²) < 4.78 is 5.43. The van der Waals surface area contributed by atoms with Crippen molar-refractivity contribution in [3.63, 3.8) is 0 Å². The molecule has 0 bridgehead atoms. The van der Waals surface area contributed by atoms with Gasteiger partial charge in [0.15, 0.2) is 6.04 Å². The Hall–Kier alpha value is -2.21. The van der Waals surface area contributed by atoms with Gasteiger partial charge in [-0.25, -0.2) is 4.79 Å². The predicted octanol–water partition coefficient (Wildman–Crippen LogP) is 1.55. The first-order chi connectivity index (χ1) is 9.72. The lowest BCUT2D eigenvalue weighted by molar-refractivity contribution is -0.145. The minimum absolute atomic E-state index is 0.226. The van der Waals surface area contributed by atoms with Crippen LogP contribution in [0.5, 0.6) is 0 Å². The molecule has 1 heterocycles. The van der Waals surface area contributed by atoms with E-state index in [2.05, 4.69) is 0 Å². The van der Waals surface area contributed by atoms with Crippen molar-refractivity contribution in [2.45, 2.75) is 32.4 Å². The maximum Gasteiger partial charge on any atom is 0.329 e. The van der Waals surface area contributed by atoms with Crippen LogP contribution in [0.3, 0.4) is 0 Å². The average Bonchev–Trinajstić information content (AvgIpc) is 2.63. The topological polar surface area (TPSA) is 83.9 Å². The molecule has 2 amide bonds. The van der Waals surface area contributed by atoms with Crippen LogP contribution in [0.4, 0.5) is 0 Å². The molecule has 2 rings (SSSR count). The lowest BCUT2D eigenvalue weighted by atomic mass is 10.1. The third-order valence-electron chi connectivity index (χ3n) is 3.10. The number of nitrogens with zero attached hydrogens (tertiary/aromatic N) is 1. The van der Waals surface area contributed by atoms with Crippen LogP contribution in [0, 0.1) is 0 Å². The standard InChI is InChI=1S/C15H17NO5/c1-15(2,3)21-8-11(14(19)20)16-12(17)9-6-4-5-7-10(9)13(16)18/h4-7,11H,8H2,1-3H3,(H,19,20)/t11-/m0/s1. The van der Waals surface area contributed by atoms with Crippen molar-refractivity contribution >= 4 is 17.8 Å². The van der Waals surface area contributed by atoms with Crippen LogP contribution in [0.1, 0.15) is 41.5 Å². The highest BCUT2D eigenvalue weighted by Crippen LogP contribution is 2.25. The largest absolute Gasteiger partial charge is 0.480 e. The maximum atomic E-state index is 12.3. The second kappa shape index (κ2) is 5.29. The fourth-order valence-electron chi connectivity index (χ4n) is 2.08. The fourth-order valence-corrected chi connectivity index (χ4v) is 2.08. The van der Waals surface area contributed by atoms with Gasteiger partial charge in [-0.3, -0.25) is 14.5 Å². The second-order valence-electron chi connectivity index (χ2n) is 5.80. The molecular weight excluding hydrogens is 274 g/mol. The highest BCUT2D eigenvalue weighted by Gasteiger charge is 2.43. The smallest absolute Gasteiger partial charge is 0.329 e. The Labute approximate surface area is 122 Å². The monoisotopic (exact) mass is 291 g/mol. The van der Waals surface area contributed by atoms with Crippen LogP contribution in [0.25, 0.3) is 0 Å². The molecule has 0 radical (unpaired) electrons. The number of carbonyl (C=O) groups excluding carboxylic acids is 2. The van der Waals surface area contributed by atoms with Crippen LogP contribution in [-0.4, -0.2) is 46.0 Å². The van der Waals surface area contributed by atoms with Crippen LogP contribution in [0.15, 0.2) is 24.3 Å². The molecule has 1 N–H and O–H groups in total. The summed E-state index contributed by atoms with van der Waals surface area (Å²) in [6.45, 7) is 5.07. The molecule has 6 nitrogen and oxygen atoms in total. The first-order valence-electron chi connectivity index (χ1n) is 6.56. The van der Waals surface area contributed by atoms with Gasteiger partial charge < -0.3 is 9.84 Å². The summed E-state index contributed by atoms with van der Waals surface area (Å²) in [6.07, 6.45) is 0. The first-order valence-corrected chi connectivity index (χ1v) is 6.56. The highest BCUT2D eigenvalue weighted by atomic mass is 16.5. The van der Waals surface area contributed by atoms with Gasteiger partial charge in [0.25, 0.3) is 11.8 Å². The lowest BCUT2D eigenvalue weighted by Gasteiger charge is -2.26. The molecule has 21 heavy (non-hydrogen) atoms. The molecule has 0 fully saturated rings. The van der Waals surface area contributed by atoms with Crippen molar-refractivity contribution in [1.29, 1.82) is 0 Å². The zero-order valence-electron chi connectivity index (χ0n) is 12.1. The van der Waals surface area contributed by atoms with E-state index in [-0.39, 0.29) is 17.7 Å². The number of carboxylic acid groups (broad SMARTS) is 1. The van der Waals surface area contributed by atoms with E-state index in [9.17, 15) is 19.5 Å². The number of aliphatic carboxylic acids is 1. The Morgan fingerprint density at radius 2 is 1.67 bits per heavy atom. The molecule has 1 aliphatic rings. The SMILES string of the molecule is CC(C)(C)OC[C@@H](C(=O)O)N1C(=O)c2ccccc2C1=O. The van der Waals surface area contributed by atoms with E-state index in [1.54, 1.807) is 32.9 Å². The normalized spacial score (nSPS) is 16.0. The summed E-state index contributed by atoms with van der Waals surface area (Å²) in [6, 6.07) is 4.96. The lowest BCUT2D eigenvalue weighted by Crippen LogP contribution is -2.48. The van der Waals surface area contributed by atoms with Gasteiger partial charge in [0.05, 0.1) is 23.3 Å². The summed E-state index contributed by atoms with van der Waals surface area (Å²) >= 11 is 0. The van der Waals surface area contributed by atoms with Crippen molar-refractivity contribution in [3.8, 4) is 0 Å². The number of imide groups is 1. The van der Waals surface area contributed by atoms with Crippen molar-refractivity contribution in [2.24, 2.45) is 0 Å². The molecule has 0 aliphatic carbocycles. The summed E-state index contributed by atoms with van der Waals surface area (Å²) in [5.41, 5.74) is -0.110. The molecular formula is C15H17NO5. The first kappa shape index (κ1) is 15.2. The summed E-state index contributed by atoms with van der Waals surface area (Å²) in [5, 5.41) is 9.32. The van der Waals surface area contributed by atoms with Crippen LogP contribution in [0.2, 0.25) is 0 Å². The Kier molecular flexibility index (Phi) is 3.82. The molecule has 0 aromatic heterocycles. The van der Waals surface area contributed by atoms with Crippen LogP contribution in [-0.2, 0) is 9.53 Å². The number of carbonyl (C=O) groups is 3. The number of hydrogen-bond donors (Lipinski definition) is 1. The molecule has 0 spiro atoms. The van der Waals surface area contributed by atoms with E-state index in [0.29, 0.717) is 0 Å². The van der Waals surface area contributed by atoms with E-state index >= 15 is 0 Å². The number of carboxylic acids is 1. The molecule has 1 aromatic carbocycles. The minimum atomic E-state index is -1.34. The van der Waals surface area contributed by atoms with Gasteiger partial charge in [-0.05, 0) is 32.9 Å². The molecule has 1 atom stereocenters. The van der Waals surface area contributed by atoms with Crippen molar-refractivity contribution in [2.75, 3.05) is 6.61 Å². The summed E-state index contributed by atoms with van der Waals surface area (Å²) in [4.78, 5) is 36.7. The molecule has 1 aliphatic heterocycles. The summed E-state index contributed by atoms with van der Waals surface area (Å²) in [7, 11) is 0. The zero-order chi connectivity index (χ0) is 15.8. The number of benzene rings is 1. The number of ether oxygens (including phenoxy) is 1. The third-order valence-corrected chi connectivity index (χ3v) is 3.10. The average molecular weight is 291 g/mol. The molecule has 112 valence electrons. The van der Waals surface area contributed by atoms with Gasteiger partial charge in [0.1, 0.15) is 0 Å². The zero-order valence-corrected chi connectivity index (χ0v) is 12.1.